The third kappa shape index (κ3) is 5.27. The Morgan fingerprint density at radius 2 is 1.69 bits per heavy atom. The number of methoxy groups -OCH3 is 2. The van der Waals surface area contributed by atoms with Gasteiger partial charge in [0.1, 0.15) is 6.26 Å². The Hall–Kier alpha value is -3.69. The third-order valence-electron chi connectivity index (χ3n) is 6.04. The van der Waals surface area contributed by atoms with Gasteiger partial charge in [-0.25, -0.2) is 14.5 Å². The molecule has 4 rings (SSSR count). The van der Waals surface area contributed by atoms with E-state index in [1.54, 1.807) is 27.5 Å². The van der Waals surface area contributed by atoms with Crippen LogP contribution in [0.3, 0.4) is 0 Å². The smallest absolute Gasteiger partial charge is 0.337 e. The number of amides is 2. The Labute approximate surface area is 214 Å². The van der Waals surface area contributed by atoms with Crippen LogP contribution < -0.4 is 19.5 Å². The molecule has 1 aliphatic rings. The number of fused-ring (bicyclic) bond motifs is 1. The second kappa shape index (κ2) is 10.9. The molecule has 0 aromatic heterocycles. The molecule has 2 amide bonds. The zero-order valence-electron chi connectivity index (χ0n) is 21.0. The summed E-state index contributed by atoms with van der Waals surface area (Å²) in [4.78, 5) is 12.7. The average molecular weight is 507 g/mol. The standard InChI is InChI=1S/C27H30N4O4S/c1-17-13-21-15-24(34-3)25(35-4)16-23(21)26(29-31(17)27(32)28-2)19-11-9-18(10-12-19)20-7-6-8-22(14-20)30-36(5)33/h6-12,14-17,30H,13H2,1-5H3,(H,28,32). The molecule has 0 saturated carbocycles. The van der Waals surface area contributed by atoms with Crippen molar-refractivity contribution in [2.75, 3.05) is 32.2 Å². The highest BCUT2D eigenvalue weighted by Gasteiger charge is 2.28. The lowest BCUT2D eigenvalue weighted by Crippen LogP contribution is -2.41. The highest BCUT2D eigenvalue weighted by atomic mass is 32.2. The van der Waals surface area contributed by atoms with Gasteiger partial charge in [0, 0.05) is 18.2 Å². The van der Waals surface area contributed by atoms with Crippen LogP contribution in [0, 0.1) is 0 Å². The zero-order valence-corrected chi connectivity index (χ0v) is 21.8. The first-order chi connectivity index (χ1) is 17.3. The summed E-state index contributed by atoms with van der Waals surface area (Å²) in [5.41, 5.74) is 6.21. The van der Waals surface area contributed by atoms with Gasteiger partial charge in [-0.2, -0.15) is 5.10 Å². The molecule has 0 aliphatic carbocycles. The number of urea groups is 1. The molecular formula is C27H30N4O4S. The van der Waals surface area contributed by atoms with Crippen LogP contribution >= 0.6 is 0 Å². The fourth-order valence-electron chi connectivity index (χ4n) is 4.30. The van der Waals surface area contributed by atoms with E-state index in [-0.39, 0.29) is 12.1 Å². The molecule has 3 aromatic rings. The molecule has 36 heavy (non-hydrogen) atoms. The number of hydrogen-bond donors (Lipinski definition) is 2. The van der Waals surface area contributed by atoms with Crippen LogP contribution in [0.15, 0.2) is 65.8 Å². The number of hydrogen-bond acceptors (Lipinski definition) is 6. The minimum atomic E-state index is -1.15. The summed E-state index contributed by atoms with van der Waals surface area (Å²) >= 11 is -1.15. The van der Waals surface area contributed by atoms with Crippen LogP contribution in [0.4, 0.5) is 10.5 Å². The van der Waals surface area contributed by atoms with E-state index in [1.165, 1.54) is 5.01 Å². The Bertz CT molecular complexity index is 1280. The van der Waals surface area contributed by atoms with Gasteiger partial charge in [0.05, 0.1) is 43.0 Å². The number of hydrazone groups is 1. The molecule has 3 aromatic carbocycles. The number of carbonyl (C=O) groups excluding carboxylic acids is 1. The maximum absolute atomic E-state index is 12.7. The van der Waals surface area contributed by atoms with E-state index in [0.717, 1.165) is 33.5 Å². The molecule has 9 heteroatoms. The normalized spacial score (nSPS) is 15.8. The monoisotopic (exact) mass is 506 g/mol. The van der Waals surface area contributed by atoms with Gasteiger partial charge in [0.15, 0.2) is 11.5 Å². The first-order valence-corrected chi connectivity index (χ1v) is 13.1. The summed E-state index contributed by atoms with van der Waals surface area (Å²) in [6.45, 7) is 1.97. The molecule has 0 fully saturated rings. The Kier molecular flexibility index (Phi) is 7.71. The molecule has 0 bridgehead atoms. The minimum Gasteiger partial charge on any atom is -0.593 e. The summed E-state index contributed by atoms with van der Waals surface area (Å²) in [6.07, 6.45) is 2.20. The molecule has 8 nitrogen and oxygen atoms in total. The largest absolute Gasteiger partial charge is 0.593 e. The highest BCUT2D eigenvalue weighted by Crippen LogP contribution is 2.35. The fraction of sp³-hybridized carbons (Fsp3) is 0.259. The summed E-state index contributed by atoms with van der Waals surface area (Å²) in [7, 11) is 4.81. The van der Waals surface area contributed by atoms with Crippen molar-refractivity contribution in [1.82, 2.24) is 10.3 Å². The molecule has 1 aliphatic heterocycles. The van der Waals surface area contributed by atoms with Gasteiger partial charge in [-0.15, -0.1) is 0 Å². The Morgan fingerprint density at radius 1 is 1.03 bits per heavy atom. The second-order valence-corrected chi connectivity index (χ2v) is 9.59. The average Bonchev–Trinajstić information content (AvgIpc) is 3.02. The second-order valence-electron chi connectivity index (χ2n) is 8.48. The van der Waals surface area contributed by atoms with Gasteiger partial charge in [-0.1, -0.05) is 36.4 Å². The Morgan fingerprint density at radius 3 is 2.33 bits per heavy atom. The van der Waals surface area contributed by atoms with E-state index in [4.69, 9.17) is 14.6 Å². The van der Waals surface area contributed by atoms with Gasteiger partial charge in [0.25, 0.3) is 0 Å². The van der Waals surface area contributed by atoms with Crippen LogP contribution in [0.1, 0.15) is 23.6 Å². The van der Waals surface area contributed by atoms with Crippen LogP contribution in [-0.2, 0) is 17.8 Å². The third-order valence-corrected chi connectivity index (χ3v) is 6.57. The van der Waals surface area contributed by atoms with Crippen molar-refractivity contribution in [3.8, 4) is 22.6 Å². The predicted octanol–water partition coefficient (Wildman–Crippen LogP) is 4.41. The van der Waals surface area contributed by atoms with Crippen LogP contribution in [0.25, 0.3) is 11.1 Å². The number of benzene rings is 3. The van der Waals surface area contributed by atoms with Crippen molar-refractivity contribution < 1.29 is 18.8 Å². The van der Waals surface area contributed by atoms with E-state index < -0.39 is 11.4 Å². The van der Waals surface area contributed by atoms with Crippen molar-refractivity contribution in [2.24, 2.45) is 5.10 Å². The van der Waals surface area contributed by atoms with E-state index in [1.807, 2.05) is 67.6 Å². The maximum atomic E-state index is 12.7. The Balaban J connectivity index is 1.79. The van der Waals surface area contributed by atoms with Crippen molar-refractivity contribution in [2.45, 2.75) is 19.4 Å². The van der Waals surface area contributed by atoms with Gasteiger partial charge in [-0.3, -0.25) is 0 Å². The molecule has 188 valence electrons. The molecular weight excluding hydrogens is 476 g/mol. The van der Waals surface area contributed by atoms with E-state index in [0.29, 0.717) is 23.6 Å². The first kappa shape index (κ1) is 25.4. The van der Waals surface area contributed by atoms with Gasteiger partial charge >= 0.3 is 6.03 Å². The summed E-state index contributed by atoms with van der Waals surface area (Å²) in [5, 5.41) is 8.99. The fourth-order valence-corrected chi connectivity index (χ4v) is 4.76. The SMILES string of the molecule is CNC(=O)N1N=C(c2ccc(-c3cccc(N[S+](C)[O-])c3)cc2)c2cc(OC)c(OC)cc2CC1C. The number of ether oxygens (including phenoxy) is 2. The van der Waals surface area contributed by atoms with Crippen LogP contribution in [-0.4, -0.2) is 54.9 Å². The van der Waals surface area contributed by atoms with E-state index >= 15 is 0 Å². The van der Waals surface area contributed by atoms with Crippen molar-refractivity contribution >= 4 is 28.8 Å². The van der Waals surface area contributed by atoms with Gasteiger partial charge in [-0.05, 0) is 54.3 Å². The molecule has 0 radical (unpaired) electrons. The zero-order chi connectivity index (χ0) is 25.8. The van der Waals surface area contributed by atoms with Crippen LogP contribution in [0.5, 0.6) is 11.5 Å². The molecule has 0 saturated heterocycles. The number of anilines is 1. The van der Waals surface area contributed by atoms with Gasteiger partial charge < -0.3 is 19.3 Å². The summed E-state index contributed by atoms with van der Waals surface area (Å²) in [5.74, 6) is 1.23. The van der Waals surface area contributed by atoms with Crippen molar-refractivity contribution in [3.63, 3.8) is 0 Å². The lowest BCUT2D eigenvalue weighted by molar-refractivity contribution is 0.184. The number of nitrogens with zero attached hydrogens (tertiary/aromatic N) is 2. The lowest BCUT2D eigenvalue weighted by atomic mass is 9.93. The van der Waals surface area contributed by atoms with Gasteiger partial charge in [0.2, 0.25) is 0 Å². The van der Waals surface area contributed by atoms with Crippen LogP contribution in [0.2, 0.25) is 0 Å². The number of nitrogens with one attached hydrogen (secondary N) is 2. The predicted molar refractivity (Wildman–Crippen MR) is 144 cm³/mol. The topological polar surface area (TPSA) is 98.3 Å². The molecule has 2 atom stereocenters. The lowest BCUT2D eigenvalue weighted by Gasteiger charge is -2.22. The van der Waals surface area contributed by atoms with Crippen molar-refractivity contribution in [1.29, 1.82) is 0 Å². The highest BCUT2D eigenvalue weighted by molar-refractivity contribution is 7.92. The quantitative estimate of drug-likeness (QED) is 0.483. The number of rotatable bonds is 6. The maximum Gasteiger partial charge on any atom is 0.337 e. The number of carbonyl (C=O) groups is 1. The first-order valence-electron chi connectivity index (χ1n) is 11.5. The van der Waals surface area contributed by atoms with Crippen molar-refractivity contribution in [3.05, 3.63) is 77.4 Å². The van der Waals surface area contributed by atoms with E-state index in [9.17, 15) is 9.35 Å². The molecule has 1 heterocycles. The molecule has 0 spiro atoms. The van der Waals surface area contributed by atoms with E-state index in [2.05, 4.69) is 10.0 Å². The summed E-state index contributed by atoms with van der Waals surface area (Å²) in [6, 6.07) is 19.2. The minimum absolute atomic E-state index is 0.169. The molecule has 2 unspecified atom stereocenters. The summed E-state index contributed by atoms with van der Waals surface area (Å²) < 4.78 is 25.6. The molecule has 2 N–H and O–H groups in total.